The quantitative estimate of drug-likeness (QED) is 0.854. The molecule has 0 saturated carbocycles. The molecule has 3 heteroatoms. The van der Waals surface area contributed by atoms with Crippen molar-refractivity contribution in [2.24, 2.45) is 5.92 Å². The lowest BCUT2D eigenvalue weighted by Crippen LogP contribution is -2.34. The molecule has 0 heterocycles. The Labute approximate surface area is 116 Å². The van der Waals surface area contributed by atoms with Gasteiger partial charge in [0, 0.05) is 6.04 Å². The van der Waals surface area contributed by atoms with Crippen molar-refractivity contribution in [1.29, 1.82) is 0 Å². The Morgan fingerprint density at radius 2 is 1.89 bits per heavy atom. The number of benzene rings is 1. The van der Waals surface area contributed by atoms with Crippen molar-refractivity contribution in [3.8, 4) is 5.75 Å². The molecular formula is C16H25NO2. The number of amides is 1. The van der Waals surface area contributed by atoms with Crippen LogP contribution in [-0.4, -0.2) is 18.6 Å². The van der Waals surface area contributed by atoms with E-state index in [1.165, 1.54) is 5.56 Å². The molecule has 0 aliphatic rings. The van der Waals surface area contributed by atoms with Gasteiger partial charge in [-0.15, -0.1) is 0 Å². The maximum Gasteiger partial charge on any atom is 0.258 e. The van der Waals surface area contributed by atoms with Crippen LogP contribution in [0.3, 0.4) is 0 Å². The van der Waals surface area contributed by atoms with Crippen molar-refractivity contribution < 1.29 is 9.53 Å². The minimum Gasteiger partial charge on any atom is -0.484 e. The van der Waals surface area contributed by atoms with Crippen molar-refractivity contribution in [2.75, 3.05) is 6.61 Å². The van der Waals surface area contributed by atoms with Crippen LogP contribution >= 0.6 is 0 Å². The van der Waals surface area contributed by atoms with Gasteiger partial charge in [0.1, 0.15) is 5.75 Å². The summed E-state index contributed by atoms with van der Waals surface area (Å²) >= 11 is 0. The minimum absolute atomic E-state index is 0.0672. The summed E-state index contributed by atoms with van der Waals surface area (Å²) in [6, 6.07) is 8.13. The first-order chi connectivity index (χ1) is 8.90. The molecule has 0 bridgehead atoms. The number of carbonyl (C=O) groups excluding carboxylic acids is 1. The molecule has 1 atom stereocenters. The van der Waals surface area contributed by atoms with Gasteiger partial charge < -0.3 is 10.1 Å². The highest BCUT2D eigenvalue weighted by Crippen LogP contribution is 2.26. The smallest absolute Gasteiger partial charge is 0.258 e. The van der Waals surface area contributed by atoms with Gasteiger partial charge in [-0.1, -0.05) is 32.9 Å². The fourth-order valence-electron chi connectivity index (χ4n) is 1.78. The molecule has 1 unspecified atom stereocenters. The molecule has 0 saturated heterocycles. The van der Waals surface area contributed by atoms with Crippen molar-refractivity contribution >= 4 is 5.91 Å². The maximum atomic E-state index is 11.5. The fourth-order valence-corrected chi connectivity index (χ4v) is 1.78. The van der Waals surface area contributed by atoms with Crippen molar-refractivity contribution in [2.45, 2.75) is 46.6 Å². The molecule has 1 aromatic rings. The number of hydrogen-bond donors (Lipinski definition) is 1. The van der Waals surface area contributed by atoms with Gasteiger partial charge in [0.15, 0.2) is 6.61 Å². The SMILES string of the molecule is CC(C)NC(=O)COc1cccc(C(C)C(C)C)c1. The molecule has 0 spiro atoms. The van der Waals surface area contributed by atoms with E-state index in [9.17, 15) is 4.79 Å². The zero-order valence-electron chi connectivity index (χ0n) is 12.6. The van der Waals surface area contributed by atoms with Gasteiger partial charge in [-0.05, 0) is 43.4 Å². The van der Waals surface area contributed by atoms with E-state index in [1.807, 2.05) is 32.0 Å². The molecule has 3 nitrogen and oxygen atoms in total. The number of nitrogens with one attached hydrogen (secondary N) is 1. The lowest BCUT2D eigenvalue weighted by Gasteiger charge is -2.17. The summed E-state index contributed by atoms with van der Waals surface area (Å²) in [6.45, 7) is 10.5. The van der Waals surface area contributed by atoms with E-state index >= 15 is 0 Å². The Morgan fingerprint density at radius 3 is 2.47 bits per heavy atom. The first kappa shape index (κ1) is 15.5. The van der Waals surface area contributed by atoms with E-state index in [2.05, 4.69) is 32.2 Å². The number of hydrogen-bond acceptors (Lipinski definition) is 2. The fraction of sp³-hybridized carbons (Fsp3) is 0.562. The van der Waals surface area contributed by atoms with Gasteiger partial charge in [-0.3, -0.25) is 4.79 Å². The molecule has 1 N–H and O–H groups in total. The van der Waals surface area contributed by atoms with Crippen LogP contribution in [0.5, 0.6) is 5.75 Å². The summed E-state index contributed by atoms with van der Waals surface area (Å²) < 4.78 is 5.53. The number of ether oxygens (including phenoxy) is 1. The molecule has 1 rings (SSSR count). The van der Waals surface area contributed by atoms with Crippen LogP contribution in [0.15, 0.2) is 24.3 Å². The molecule has 0 aliphatic carbocycles. The predicted octanol–water partition coefficient (Wildman–Crippen LogP) is 3.35. The minimum atomic E-state index is -0.0858. The van der Waals surface area contributed by atoms with Crippen LogP contribution in [0.25, 0.3) is 0 Å². The molecule has 1 aromatic carbocycles. The molecule has 0 fully saturated rings. The zero-order chi connectivity index (χ0) is 14.4. The second kappa shape index (κ2) is 7.17. The Balaban J connectivity index is 2.60. The average molecular weight is 263 g/mol. The lowest BCUT2D eigenvalue weighted by molar-refractivity contribution is -0.123. The third kappa shape index (κ3) is 5.33. The molecule has 0 radical (unpaired) electrons. The second-order valence-corrected chi connectivity index (χ2v) is 5.62. The standard InChI is InChI=1S/C16H25NO2/c1-11(2)13(5)14-7-6-8-15(9-14)19-10-16(18)17-12(3)4/h6-9,11-13H,10H2,1-5H3,(H,17,18). The molecule has 1 amide bonds. The highest BCUT2D eigenvalue weighted by Gasteiger charge is 2.11. The molecule has 106 valence electrons. The predicted molar refractivity (Wildman–Crippen MR) is 78.5 cm³/mol. The van der Waals surface area contributed by atoms with Crippen LogP contribution in [0, 0.1) is 5.92 Å². The van der Waals surface area contributed by atoms with Crippen LogP contribution in [0.2, 0.25) is 0 Å². The Kier molecular flexibility index (Phi) is 5.87. The van der Waals surface area contributed by atoms with E-state index in [4.69, 9.17) is 4.74 Å². The van der Waals surface area contributed by atoms with Gasteiger partial charge in [0.25, 0.3) is 5.91 Å². The van der Waals surface area contributed by atoms with E-state index in [0.717, 1.165) is 5.75 Å². The highest BCUT2D eigenvalue weighted by molar-refractivity contribution is 5.77. The summed E-state index contributed by atoms with van der Waals surface area (Å²) in [6.07, 6.45) is 0. The lowest BCUT2D eigenvalue weighted by atomic mass is 9.90. The summed E-state index contributed by atoms with van der Waals surface area (Å²) in [5.74, 6) is 1.73. The van der Waals surface area contributed by atoms with Crippen molar-refractivity contribution in [3.63, 3.8) is 0 Å². The van der Waals surface area contributed by atoms with Gasteiger partial charge >= 0.3 is 0 Å². The van der Waals surface area contributed by atoms with E-state index < -0.39 is 0 Å². The number of rotatable bonds is 6. The first-order valence-electron chi connectivity index (χ1n) is 6.92. The molecular weight excluding hydrogens is 238 g/mol. The second-order valence-electron chi connectivity index (χ2n) is 5.62. The Hall–Kier alpha value is -1.51. The van der Waals surface area contributed by atoms with Crippen molar-refractivity contribution in [1.82, 2.24) is 5.32 Å². The van der Waals surface area contributed by atoms with Gasteiger partial charge in [-0.2, -0.15) is 0 Å². The zero-order valence-corrected chi connectivity index (χ0v) is 12.6. The average Bonchev–Trinajstić information content (AvgIpc) is 2.35. The van der Waals surface area contributed by atoms with Crippen LogP contribution < -0.4 is 10.1 Å². The summed E-state index contributed by atoms with van der Waals surface area (Å²) in [7, 11) is 0. The van der Waals surface area contributed by atoms with Gasteiger partial charge in [0.2, 0.25) is 0 Å². The van der Waals surface area contributed by atoms with Crippen LogP contribution in [-0.2, 0) is 4.79 Å². The maximum absolute atomic E-state index is 11.5. The van der Waals surface area contributed by atoms with Crippen LogP contribution in [0.4, 0.5) is 0 Å². The van der Waals surface area contributed by atoms with Gasteiger partial charge in [-0.25, -0.2) is 0 Å². The third-order valence-corrected chi connectivity index (χ3v) is 3.20. The largest absolute Gasteiger partial charge is 0.484 e. The summed E-state index contributed by atoms with van der Waals surface area (Å²) in [5.41, 5.74) is 1.25. The molecule has 0 aliphatic heterocycles. The van der Waals surface area contributed by atoms with E-state index in [0.29, 0.717) is 11.8 Å². The van der Waals surface area contributed by atoms with E-state index in [-0.39, 0.29) is 18.6 Å². The first-order valence-corrected chi connectivity index (χ1v) is 6.92. The highest BCUT2D eigenvalue weighted by atomic mass is 16.5. The Morgan fingerprint density at radius 1 is 1.21 bits per heavy atom. The van der Waals surface area contributed by atoms with Crippen LogP contribution in [0.1, 0.15) is 46.1 Å². The molecule has 0 aromatic heterocycles. The monoisotopic (exact) mass is 263 g/mol. The number of carbonyl (C=O) groups is 1. The van der Waals surface area contributed by atoms with Crippen molar-refractivity contribution in [3.05, 3.63) is 29.8 Å². The summed E-state index contributed by atoms with van der Waals surface area (Å²) in [5, 5.41) is 2.80. The summed E-state index contributed by atoms with van der Waals surface area (Å²) in [4.78, 5) is 11.5. The van der Waals surface area contributed by atoms with Gasteiger partial charge in [0.05, 0.1) is 0 Å². The van der Waals surface area contributed by atoms with E-state index in [1.54, 1.807) is 0 Å². The molecule has 19 heavy (non-hydrogen) atoms. The normalized spacial score (nSPS) is 12.6. The topological polar surface area (TPSA) is 38.3 Å². The Bertz CT molecular complexity index is 413. The third-order valence-electron chi connectivity index (χ3n) is 3.20.